The van der Waals surface area contributed by atoms with E-state index in [1.807, 2.05) is 24.3 Å². The van der Waals surface area contributed by atoms with Crippen molar-refractivity contribution in [1.29, 1.82) is 0 Å². The van der Waals surface area contributed by atoms with Crippen molar-refractivity contribution in [1.82, 2.24) is 4.57 Å². The van der Waals surface area contributed by atoms with Crippen LogP contribution in [0.4, 0.5) is 0 Å². The number of para-hydroxylation sites is 1. The molecular formula is C12H11NO2. The first-order chi connectivity index (χ1) is 7.16. The summed E-state index contributed by atoms with van der Waals surface area (Å²) in [5.41, 5.74) is 2.10. The van der Waals surface area contributed by atoms with Gasteiger partial charge in [-0.05, 0) is 13.0 Å². The molecule has 0 aliphatic carbocycles. The van der Waals surface area contributed by atoms with Crippen LogP contribution in [0.3, 0.4) is 0 Å². The molecule has 1 heterocycles. The molecule has 0 N–H and O–H groups in total. The highest BCUT2D eigenvalue weighted by Gasteiger charge is 2.14. The highest BCUT2D eigenvalue weighted by Crippen LogP contribution is 2.23. The lowest BCUT2D eigenvalue weighted by Crippen LogP contribution is -2.07. The van der Waals surface area contributed by atoms with E-state index in [0.29, 0.717) is 11.3 Å². The van der Waals surface area contributed by atoms with Gasteiger partial charge in [0.15, 0.2) is 6.29 Å². The molecule has 3 nitrogen and oxygen atoms in total. The number of carbonyl (C=O) groups excluding carboxylic acids is 2. The molecule has 76 valence electrons. The number of hydrogen-bond donors (Lipinski definition) is 0. The monoisotopic (exact) mass is 201 g/mol. The molecule has 2 rings (SSSR count). The maximum Gasteiger partial charge on any atom is 0.228 e. The summed E-state index contributed by atoms with van der Waals surface area (Å²) in [6, 6.07) is 7.41. The quantitative estimate of drug-likeness (QED) is 0.664. The maximum absolute atomic E-state index is 11.5. The van der Waals surface area contributed by atoms with Crippen molar-refractivity contribution < 1.29 is 9.59 Å². The van der Waals surface area contributed by atoms with Crippen molar-refractivity contribution in [2.45, 2.75) is 13.8 Å². The van der Waals surface area contributed by atoms with E-state index in [4.69, 9.17) is 0 Å². The van der Waals surface area contributed by atoms with Crippen molar-refractivity contribution in [3.8, 4) is 0 Å². The van der Waals surface area contributed by atoms with E-state index in [1.54, 1.807) is 11.5 Å². The number of benzene rings is 1. The molecule has 0 fully saturated rings. The van der Waals surface area contributed by atoms with Gasteiger partial charge in [0, 0.05) is 23.6 Å². The number of aromatic nitrogens is 1. The number of aldehydes is 1. The Labute approximate surface area is 87.3 Å². The van der Waals surface area contributed by atoms with Crippen LogP contribution in [0.1, 0.15) is 27.8 Å². The fourth-order valence-corrected chi connectivity index (χ4v) is 1.95. The Bertz CT molecular complexity index is 552. The second kappa shape index (κ2) is 3.35. The third-order valence-electron chi connectivity index (χ3n) is 2.59. The van der Waals surface area contributed by atoms with Gasteiger partial charge in [-0.2, -0.15) is 0 Å². The molecule has 1 aromatic carbocycles. The second-order valence-corrected chi connectivity index (χ2v) is 3.49. The van der Waals surface area contributed by atoms with Gasteiger partial charge in [0.25, 0.3) is 0 Å². The molecule has 0 atom stereocenters. The zero-order valence-electron chi connectivity index (χ0n) is 8.65. The number of hydrogen-bond acceptors (Lipinski definition) is 2. The van der Waals surface area contributed by atoms with Gasteiger partial charge in [0.2, 0.25) is 5.91 Å². The first-order valence-corrected chi connectivity index (χ1v) is 4.73. The molecule has 0 bridgehead atoms. The van der Waals surface area contributed by atoms with Crippen LogP contribution in [0.25, 0.3) is 10.9 Å². The predicted octanol–water partition coefficient (Wildman–Crippen LogP) is 2.42. The molecule has 15 heavy (non-hydrogen) atoms. The van der Waals surface area contributed by atoms with Crippen LogP contribution in [0, 0.1) is 6.92 Å². The standard InChI is InChI=1S/C12H11NO2/c1-8-11(7-14)10-5-3-4-6-12(10)13(8)9(2)15/h3-7H,1-2H3. The van der Waals surface area contributed by atoms with E-state index in [2.05, 4.69) is 0 Å². The zero-order valence-corrected chi connectivity index (χ0v) is 8.65. The average molecular weight is 201 g/mol. The minimum Gasteiger partial charge on any atom is -0.298 e. The van der Waals surface area contributed by atoms with Gasteiger partial charge >= 0.3 is 0 Å². The fourth-order valence-electron chi connectivity index (χ4n) is 1.95. The van der Waals surface area contributed by atoms with Gasteiger partial charge in [-0.15, -0.1) is 0 Å². The van der Waals surface area contributed by atoms with E-state index in [9.17, 15) is 9.59 Å². The van der Waals surface area contributed by atoms with Gasteiger partial charge in [-0.25, -0.2) is 0 Å². The van der Waals surface area contributed by atoms with Crippen LogP contribution >= 0.6 is 0 Å². The van der Waals surface area contributed by atoms with Crippen molar-refractivity contribution in [3.05, 3.63) is 35.5 Å². The summed E-state index contributed by atoms with van der Waals surface area (Å²) in [5, 5.41) is 0.834. The minimum atomic E-state index is -0.0724. The van der Waals surface area contributed by atoms with Gasteiger partial charge < -0.3 is 0 Å². The topological polar surface area (TPSA) is 39.1 Å². The fraction of sp³-hybridized carbons (Fsp3) is 0.167. The summed E-state index contributed by atoms with van der Waals surface area (Å²) in [7, 11) is 0. The summed E-state index contributed by atoms with van der Waals surface area (Å²) >= 11 is 0. The summed E-state index contributed by atoms with van der Waals surface area (Å²) in [4.78, 5) is 22.4. The van der Waals surface area contributed by atoms with E-state index in [0.717, 1.165) is 17.2 Å². The smallest absolute Gasteiger partial charge is 0.228 e. The SMILES string of the molecule is CC(=O)n1c(C)c(C=O)c2ccccc21. The predicted molar refractivity (Wildman–Crippen MR) is 58.4 cm³/mol. The molecule has 0 aliphatic rings. The van der Waals surface area contributed by atoms with Crippen LogP contribution in [0.2, 0.25) is 0 Å². The van der Waals surface area contributed by atoms with Crippen molar-refractivity contribution in [2.75, 3.05) is 0 Å². The summed E-state index contributed by atoms with van der Waals surface area (Å²) in [6.07, 6.45) is 0.803. The van der Waals surface area contributed by atoms with Crippen molar-refractivity contribution in [2.24, 2.45) is 0 Å². The van der Waals surface area contributed by atoms with Gasteiger partial charge in [0.05, 0.1) is 5.52 Å². The Morgan fingerprint density at radius 3 is 2.60 bits per heavy atom. The molecule has 0 unspecified atom stereocenters. The molecule has 0 saturated carbocycles. The van der Waals surface area contributed by atoms with Crippen LogP contribution in [0.5, 0.6) is 0 Å². The Hall–Kier alpha value is -1.90. The van der Waals surface area contributed by atoms with E-state index < -0.39 is 0 Å². The Balaban J connectivity index is 2.97. The number of nitrogens with zero attached hydrogens (tertiary/aromatic N) is 1. The molecule has 3 heteroatoms. The minimum absolute atomic E-state index is 0.0724. The third kappa shape index (κ3) is 1.28. The van der Waals surface area contributed by atoms with Crippen LogP contribution < -0.4 is 0 Å². The van der Waals surface area contributed by atoms with Crippen LogP contribution in [0.15, 0.2) is 24.3 Å². The summed E-state index contributed by atoms with van der Waals surface area (Å²) < 4.78 is 1.57. The number of rotatable bonds is 1. The molecule has 1 aromatic heterocycles. The summed E-state index contributed by atoms with van der Waals surface area (Å²) in [6.45, 7) is 3.28. The first-order valence-electron chi connectivity index (χ1n) is 4.73. The highest BCUT2D eigenvalue weighted by molar-refractivity contribution is 6.03. The Kier molecular flexibility index (Phi) is 2.15. The normalized spacial score (nSPS) is 10.5. The molecule has 0 spiro atoms. The maximum atomic E-state index is 11.5. The lowest BCUT2D eigenvalue weighted by atomic mass is 10.1. The third-order valence-corrected chi connectivity index (χ3v) is 2.59. The first kappa shape index (κ1) is 9.65. The van der Waals surface area contributed by atoms with Gasteiger partial charge in [-0.3, -0.25) is 14.2 Å². The Morgan fingerprint density at radius 1 is 1.33 bits per heavy atom. The van der Waals surface area contributed by atoms with E-state index in [-0.39, 0.29) is 5.91 Å². The van der Waals surface area contributed by atoms with Crippen molar-refractivity contribution in [3.63, 3.8) is 0 Å². The number of fused-ring (bicyclic) bond motifs is 1. The molecule has 0 amide bonds. The second-order valence-electron chi connectivity index (χ2n) is 3.49. The van der Waals surface area contributed by atoms with Gasteiger partial charge in [0.1, 0.15) is 0 Å². The molecule has 0 aliphatic heterocycles. The van der Waals surface area contributed by atoms with Crippen molar-refractivity contribution >= 4 is 23.1 Å². The van der Waals surface area contributed by atoms with Gasteiger partial charge in [-0.1, -0.05) is 18.2 Å². The zero-order chi connectivity index (χ0) is 11.0. The molecule has 2 aromatic rings. The molecule has 0 radical (unpaired) electrons. The highest BCUT2D eigenvalue weighted by atomic mass is 16.1. The van der Waals surface area contributed by atoms with Crippen LogP contribution in [-0.4, -0.2) is 16.8 Å². The van der Waals surface area contributed by atoms with E-state index >= 15 is 0 Å². The molecule has 0 saturated heterocycles. The lowest BCUT2D eigenvalue weighted by Gasteiger charge is -2.01. The summed E-state index contributed by atoms with van der Waals surface area (Å²) in [5.74, 6) is -0.0724. The van der Waals surface area contributed by atoms with Crippen LogP contribution in [-0.2, 0) is 0 Å². The molecular weight excluding hydrogens is 190 g/mol. The lowest BCUT2D eigenvalue weighted by molar-refractivity contribution is 0.0939. The number of carbonyl (C=O) groups is 2. The largest absolute Gasteiger partial charge is 0.298 e. The van der Waals surface area contributed by atoms with E-state index in [1.165, 1.54) is 6.92 Å². The Morgan fingerprint density at radius 2 is 2.00 bits per heavy atom. The average Bonchev–Trinajstić information content (AvgIpc) is 2.49.